The smallest absolute Gasteiger partial charge is 0.0908 e. The van der Waals surface area contributed by atoms with Crippen LogP contribution >= 0.6 is 0 Å². The van der Waals surface area contributed by atoms with Crippen molar-refractivity contribution in [3.63, 3.8) is 0 Å². The van der Waals surface area contributed by atoms with Gasteiger partial charge in [-0.05, 0) is 50.4 Å². The van der Waals surface area contributed by atoms with Crippen molar-refractivity contribution in [3.05, 3.63) is 23.8 Å². The molecule has 0 aromatic rings. The zero-order chi connectivity index (χ0) is 17.6. The summed E-state index contributed by atoms with van der Waals surface area (Å²) in [6, 6.07) is 4.22. The van der Waals surface area contributed by atoms with Crippen LogP contribution in [0.5, 0.6) is 0 Å². The van der Waals surface area contributed by atoms with Crippen LogP contribution < -0.4 is 0 Å². The maximum Gasteiger partial charge on any atom is 0.0908 e. The zero-order valence-corrected chi connectivity index (χ0v) is 15.6. The molecule has 0 bridgehead atoms. The van der Waals surface area contributed by atoms with Gasteiger partial charge in [0.05, 0.1) is 18.6 Å². The quantitative estimate of drug-likeness (QED) is 0.426. The van der Waals surface area contributed by atoms with Crippen LogP contribution in [0.15, 0.2) is 23.8 Å². The molecule has 0 radical (unpaired) electrons. The first-order valence-corrected chi connectivity index (χ1v) is 9.79. The second kappa shape index (κ2) is 12.8. The fraction of sp³-hybridized carbons (Fsp3) is 0.727. The minimum atomic E-state index is 0.586. The van der Waals surface area contributed by atoms with Crippen molar-refractivity contribution in [1.82, 2.24) is 0 Å². The van der Waals surface area contributed by atoms with Crippen molar-refractivity contribution >= 4 is 0 Å². The molecule has 0 aliphatic heterocycles. The van der Waals surface area contributed by atoms with Crippen LogP contribution in [-0.4, -0.2) is 0 Å². The van der Waals surface area contributed by atoms with Crippen molar-refractivity contribution in [2.24, 2.45) is 17.8 Å². The minimum Gasteiger partial charge on any atom is -0.198 e. The molecular formula is C22H34N2. The van der Waals surface area contributed by atoms with Gasteiger partial charge in [-0.2, -0.15) is 10.5 Å². The van der Waals surface area contributed by atoms with E-state index in [2.05, 4.69) is 38.1 Å². The van der Waals surface area contributed by atoms with E-state index in [0.717, 1.165) is 11.8 Å². The molecule has 2 nitrogen and oxygen atoms in total. The first-order valence-electron chi connectivity index (χ1n) is 9.79. The molecule has 132 valence electrons. The van der Waals surface area contributed by atoms with E-state index >= 15 is 0 Å². The van der Waals surface area contributed by atoms with Crippen molar-refractivity contribution in [2.45, 2.75) is 84.5 Å². The largest absolute Gasteiger partial charge is 0.198 e. The summed E-state index contributed by atoms with van der Waals surface area (Å²) in [6.45, 7) is 4.40. The van der Waals surface area contributed by atoms with Gasteiger partial charge in [-0.1, -0.05) is 63.2 Å². The second-order valence-electron chi connectivity index (χ2n) is 7.39. The maximum absolute atomic E-state index is 8.42. The predicted octanol–water partition coefficient (Wildman–Crippen LogP) is 6.71. The van der Waals surface area contributed by atoms with Gasteiger partial charge in [-0.25, -0.2) is 0 Å². The van der Waals surface area contributed by atoms with Gasteiger partial charge in [-0.15, -0.1) is 0 Å². The monoisotopic (exact) mass is 326 g/mol. The first-order chi connectivity index (χ1) is 11.7. The lowest BCUT2D eigenvalue weighted by atomic mass is 9.81. The number of hydrogen-bond donors (Lipinski definition) is 0. The van der Waals surface area contributed by atoms with Gasteiger partial charge in [-0.3, -0.25) is 0 Å². The van der Waals surface area contributed by atoms with Crippen LogP contribution in [0, 0.1) is 40.4 Å². The number of allylic oxidation sites excluding steroid dienone is 4. The van der Waals surface area contributed by atoms with E-state index in [-0.39, 0.29) is 0 Å². The molecule has 0 heterocycles. The van der Waals surface area contributed by atoms with Crippen molar-refractivity contribution < 1.29 is 0 Å². The van der Waals surface area contributed by atoms with Gasteiger partial charge in [0.1, 0.15) is 0 Å². The fourth-order valence-electron chi connectivity index (χ4n) is 3.94. The molecule has 0 aromatic carbocycles. The summed E-state index contributed by atoms with van der Waals surface area (Å²) in [7, 11) is 0. The van der Waals surface area contributed by atoms with E-state index in [1.54, 1.807) is 6.08 Å². The molecule has 2 aliphatic carbocycles. The molecule has 0 aromatic heterocycles. The van der Waals surface area contributed by atoms with E-state index in [0.29, 0.717) is 12.3 Å². The Hall–Kier alpha value is -1.54. The molecule has 2 aliphatic rings. The van der Waals surface area contributed by atoms with E-state index in [1.807, 2.05) is 0 Å². The number of hydrogen-bond acceptors (Lipinski definition) is 2. The highest BCUT2D eigenvalue weighted by Crippen LogP contribution is 2.30. The summed E-state index contributed by atoms with van der Waals surface area (Å²) in [6.07, 6.45) is 20.1. The standard InChI is InChI=1S/2C11H17N/c2*1-10(6-5-9-12)11-7-3-2-4-8-11/h6,11H,2-5,7-8H2,1H3;5-6,10-11H,2-4,7-8H2,1H3/b10-6-;6-5+. The Morgan fingerprint density at radius 3 is 2.12 bits per heavy atom. The molecular weight excluding hydrogens is 292 g/mol. The van der Waals surface area contributed by atoms with Gasteiger partial charge in [0.15, 0.2) is 0 Å². The van der Waals surface area contributed by atoms with Crippen LogP contribution in [0.1, 0.15) is 84.5 Å². The Morgan fingerprint density at radius 2 is 1.58 bits per heavy atom. The van der Waals surface area contributed by atoms with Crippen molar-refractivity contribution in [3.8, 4) is 12.1 Å². The molecule has 1 atom stereocenters. The van der Waals surface area contributed by atoms with Crippen molar-refractivity contribution in [1.29, 1.82) is 10.5 Å². The molecule has 0 amide bonds. The molecule has 2 fully saturated rings. The number of nitriles is 2. The van der Waals surface area contributed by atoms with Gasteiger partial charge < -0.3 is 0 Å². The van der Waals surface area contributed by atoms with Crippen LogP contribution in [-0.2, 0) is 0 Å². The third-order valence-corrected chi connectivity index (χ3v) is 5.63. The van der Waals surface area contributed by atoms with E-state index in [4.69, 9.17) is 10.5 Å². The third-order valence-electron chi connectivity index (χ3n) is 5.63. The van der Waals surface area contributed by atoms with Crippen LogP contribution in [0.4, 0.5) is 0 Å². The highest BCUT2D eigenvalue weighted by atomic mass is 14.2. The molecule has 0 N–H and O–H groups in total. The summed E-state index contributed by atoms with van der Waals surface area (Å²) in [5.41, 5.74) is 1.44. The lowest BCUT2D eigenvalue weighted by Gasteiger charge is -2.25. The first kappa shape index (κ1) is 20.5. The Kier molecular flexibility index (Phi) is 11.0. The van der Waals surface area contributed by atoms with Gasteiger partial charge in [0, 0.05) is 6.08 Å². The SMILES string of the molecule is C/C(=C/CC#N)C1CCCCC1.CC(/C=C/C#N)C1CCCCC1. The van der Waals surface area contributed by atoms with Crippen molar-refractivity contribution in [2.75, 3.05) is 0 Å². The van der Waals surface area contributed by atoms with Crippen LogP contribution in [0.2, 0.25) is 0 Å². The Morgan fingerprint density at radius 1 is 1.00 bits per heavy atom. The Bertz CT molecular complexity index is 463. The molecule has 2 saturated carbocycles. The van der Waals surface area contributed by atoms with E-state index in [1.165, 1.54) is 69.8 Å². The average Bonchev–Trinajstić information content (AvgIpc) is 2.66. The predicted molar refractivity (Wildman–Crippen MR) is 101 cm³/mol. The number of nitrogens with zero attached hydrogens (tertiary/aromatic N) is 2. The topological polar surface area (TPSA) is 47.6 Å². The highest BCUT2D eigenvalue weighted by molar-refractivity contribution is 5.07. The molecule has 2 rings (SSSR count). The van der Waals surface area contributed by atoms with Gasteiger partial charge in [0.25, 0.3) is 0 Å². The van der Waals surface area contributed by atoms with Gasteiger partial charge in [0.2, 0.25) is 0 Å². The lowest BCUT2D eigenvalue weighted by Crippen LogP contribution is -2.13. The zero-order valence-electron chi connectivity index (χ0n) is 15.6. The lowest BCUT2D eigenvalue weighted by molar-refractivity contribution is 0.300. The van der Waals surface area contributed by atoms with Crippen LogP contribution in [0.25, 0.3) is 0 Å². The van der Waals surface area contributed by atoms with E-state index < -0.39 is 0 Å². The summed E-state index contributed by atoms with van der Waals surface area (Å²) in [5, 5.41) is 16.8. The molecule has 0 saturated heterocycles. The van der Waals surface area contributed by atoms with Gasteiger partial charge >= 0.3 is 0 Å². The second-order valence-corrected chi connectivity index (χ2v) is 7.39. The summed E-state index contributed by atoms with van der Waals surface area (Å²) < 4.78 is 0. The molecule has 24 heavy (non-hydrogen) atoms. The summed E-state index contributed by atoms with van der Waals surface area (Å²) in [5.74, 6) is 2.22. The normalized spacial score (nSPS) is 21.4. The number of rotatable bonds is 4. The Balaban J connectivity index is 0.000000240. The third kappa shape index (κ3) is 8.35. The summed E-state index contributed by atoms with van der Waals surface area (Å²) in [4.78, 5) is 0. The van der Waals surface area contributed by atoms with Crippen LogP contribution in [0.3, 0.4) is 0 Å². The molecule has 0 spiro atoms. The maximum atomic E-state index is 8.42. The summed E-state index contributed by atoms with van der Waals surface area (Å²) >= 11 is 0. The highest BCUT2D eigenvalue weighted by Gasteiger charge is 2.17. The average molecular weight is 327 g/mol. The Labute approximate surface area is 149 Å². The van der Waals surface area contributed by atoms with E-state index in [9.17, 15) is 0 Å². The fourth-order valence-corrected chi connectivity index (χ4v) is 3.94. The molecule has 2 heteroatoms. The minimum absolute atomic E-state index is 0.586. The molecule has 1 unspecified atom stereocenters.